The highest BCUT2D eigenvalue weighted by Crippen LogP contribution is 2.20. The van der Waals surface area contributed by atoms with E-state index in [1.807, 2.05) is 0 Å². The Labute approximate surface area is 128 Å². The minimum Gasteiger partial charge on any atom is -0.454 e. The van der Waals surface area contributed by atoms with Gasteiger partial charge in [-0.2, -0.15) is 5.10 Å². The van der Waals surface area contributed by atoms with Crippen LogP contribution in [-0.2, 0) is 11.3 Å². The Morgan fingerprint density at radius 2 is 2.00 bits per heavy atom. The van der Waals surface area contributed by atoms with Crippen LogP contribution in [0.3, 0.4) is 0 Å². The van der Waals surface area contributed by atoms with Crippen LogP contribution in [0, 0.1) is 5.82 Å². The van der Waals surface area contributed by atoms with Gasteiger partial charge in [-0.25, -0.2) is 14.3 Å². The van der Waals surface area contributed by atoms with Gasteiger partial charge in [0.2, 0.25) is 0 Å². The third-order valence-electron chi connectivity index (χ3n) is 2.93. The fourth-order valence-electron chi connectivity index (χ4n) is 1.80. The average molecular weight is 315 g/mol. The number of aromatic nitrogens is 3. The molecular formula is C15H10FN3O4. The van der Waals surface area contributed by atoms with Gasteiger partial charge in [-0.05, 0) is 30.3 Å². The lowest BCUT2D eigenvalue weighted by Crippen LogP contribution is -2.13. The molecule has 1 aromatic carbocycles. The third-order valence-corrected chi connectivity index (χ3v) is 2.93. The molecule has 0 amide bonds. The van der Waals surface area contributed by atoms with Crippen LogP contribution in [0.5, 0.6) is 0 Å². The summed E-state index contributed by atoms with van der Waals surface area (Å²) in [5, 5.41) is 9.47. The first-order valence-electron chi connectivity index (χ1n) is 6.56. The molecule has 2 aromatic heterocycles. The van der Waals surface area contributed by atoms with E-state index in [4.69, 9.17) is 9.26 Å². The van der Waals surface area contributed by atoms with Crippen molar-refractivity contribution in [2.75, 3.05) is 0 Å². The number of carbonyl (C=O) groups is 1. The lowest BCUT2D eigenvalue weighted by Gasteiger charge is -2.00. The van der Waals surface area contributed by atoms with Crippen LogP contribution in [0.2, 0.25) is 0 Å². The summed E-state index contributed by atoms with van der Waals surface area (Å²) in [5.74, 6) is -0.624. The number of H-pyrrole nitrogens is 1. The molecule has 0 aliphatic carbocycles. The van der Waals surface area contributed by atoms with Gasteiger partial charge in [0.25, 0.3) is 5.56 Å². The van der Waals surface area contributed by atoms with Crippen molar-refractivity contribution in [3.63, 3.8) is 0 Å². The van der Waals surface area contributed by atoms with E-state index in [-0.39, 0.29) is 18.1 Å². The Morgan fingerprint density at radius 3 is 2.70 bits per heavy atom. The summed E-state index contributed by atoms with van der Waals surface area (Å²) in [5.41, 5.74) is 0.606. The zero-order chi connectivity index (χ0) is 16.2. The Balaban J connectivity index is 1.65. The van der Waals surface area contributed by atoms with E-state index < -0.39 is 11.5 Å². The van der Waals surface area contributed by atoms with Crippen molar-refractivity contribution in [2.45, 2.75) is 6.61 Å². The van der Waals surface area contributed by atoms with E-state index in [2.05, 4.69) is 15.4 Å². The third kappa shape index (κ3) is 3.49. The van der Waals surface area contributed by atoms with E-state index in [1.54, 1.807) is 18.2 Å². The molecule has 0 radical (unpaired) electrons. The normalized spacial score (nSPS) is 10.5. The predicted octanol–water partition coefficient (Wildman–Crippen LogP) is 1.92. The number of aromatic amines is 1. The number of halogens is 1. The first-order valence-corrected chi connectivity index (χ1v) is 6.56. The van der Waals surface area contributed by atoms with Crippen LogP contribution in [0.25, 0.3) is 11.3 Å². The molecule has 3 aromatic rings. The lowest BCUT2D eigenvalue weighted by atomic mass is 10.1. The summed E-state index contributed by atoms with van der Waals surface area (Å²) < 4.78 is 23.0. The average Bonchev–Trinajstić information content (AvgIpc) is 3.03. The van der Waals surface area contributed by atoms with Crippen molar-refractivity contribution in [2.24, 2.45) is 0 Å². The van der Waals surface area contributed by atoms with Crippen LogP contribution < -0.4 is 5.56 Å². The van der Waals surface area contributed by atoms with Gasteiger partial charge in [-0.15, -0.1) is 0 Å². The molecule has 0 saturated carbocycles. The Kier molecular flexibility index (Phi) is 3.96. The molecule has 0 saturated heterocycles. The number of hydrogen-bond acceptors (Lipinski definition) is 6. The minimum absolute atomic E-state index is 0.0214. The van der Waals surface area contributed by atoms with Crippen molar-refractivity contribution in [1.82, 2.24) is 15.4 Å². The highest BCUT2D eigenvalue weighted by molar-refractivity contribution is 5.86. The first kappa shape index (κ1) is 14.6. The number of nitrogens with one attached hydrogen (secondary N) is 1. The topological polar surface area (TPSA) is 98.1 Å². The maximum absolute atomic E-state index is 12.9. The fourth-order valence-corrected chi connectivity index (χ4v) is 1.80. The molecule has 116 valence electrons. The second-order valence-corrected chi connectivity index (χ2v) is 4.57. The Bertz CT molecular complexity index is 866. The fraction of sp³-hybridized carbons (Fsp3) is 0.0667. The highest BCUT2D eigenvalue weighted by atomic mass is 19.1. The molecule has 1 N–H and O–H groups in total. The summed E-state index contributed by atoms with van der Waals surface area (Å²) in [6, 6.07) is 9.73. The summed E-state index contributed by atoms with van der Waals surface area (Å²) in [4.78, 5) is 22.6. The standard InChI is InChI=1S/C15H10FN3O4/c16-10-3-1-9(2-4-10)13-7-11(19-23-13)8-22-15(21)12-5-6-14(20)18-17-12/h1-7H,8H2,(H,18,20). The molecule has 23 heavy (non-hydrogen) atoms. The molecule has 0 bridgehead atoms. The SMILES string of the molecule is O=C(OCc1cc(-c2ccc(F)cc2)on1)c1ccc(=O)[nH]n1. The van der Waals surface area contributed by atoms with Crippen LogP contribution in [0.1, 0.15) is 16.2 Å². The number of ether oxygens (including phenoxy) is 1. The summed E-state index contributed by atoms with van der Waals surface area (Å²) in [7, 11) is 0. The first-order chi connectivity index (χ1) is 11.1. The van der Waals surface area contributed by atoms with Crippen LogP contribution in [-0.4, -0.2) is 21.3 Å². The summed E-state index contributed by atoms with van der Waals surface area (Å²) in [6.45, 7) is -0.121. The molecule has 0 aliphatic heterocycles. The summed E-state index contributed by atoms with van der Waals surface area (Å²) >= 11 is 0. The zero-order valence-corrected chi connectivity index (χ0v) is 11.7. The van der Waals surface area contributed by atoms with Gasteiger partial charge in [0, 0.05) is 17.7 Å². The van der Waals surface area contributed by atoms with Crippen molar-refractivity contribution in [3.05, 3.63) is 70.0 Å². The highest BCUT2D eigenvalue weighted by Gasteiger charge is 2.12. The number of benzene rings is 1. The lowest BCUT2D eigenvalue weighted by molar-refractivity contribution is 0.0456. The molecule has 2 heterocycles. The minimum atomic E-state index is -0.701. The molecule has 0 aliphatic rings. The van der Waals surface area contributed by atoms with Crippen LogP contribution >= 0.6 is 0 Å². The van der Waals surface area contributed by atoms with Crippen LogP contribution in [0.15, 0.2) is 51.8 Å². The predicted molar refractivity (Wildman–Crippen MR) is 75.9 cm³/mol. The van der Waals surface area contributed by atoms with E-state index in [9.17, 15) is 14.0 Å². The van der Waals surface area contributed by atoms with Gasteiger partial charge < -0.3 is 9.26 Å². The maximum atomic E-state index is 12.9. The van der Waals surface area contributed by atoms with E-state index >= 15 is 0 Å². The molecule has 0 spiro atoms. The van der Waals surface area contributed by atoms with Gasteiger partial charge in [0.15, 0.2) is 11.5 Å². The number of carbonyl (C=O) groups excluding carboxylic acids is 1. The molecular weight excluding hydrogens is 305 g/mol. The number of esters is 1. The van der Waals surface area contributed by atoms with Crippen molar-refractivity contribution in [1.29, 1.82) is 0 Å². The van der Waals surface area contributed by atoms with Gasteiger partial charge >= 0.3 is 5.97 Å². The molecule has 0 atom stereocenters. The largest absolute Gasteiger partial charge is 0.454 e. The van der Waals surface area contributed by atoms with Gasteiger partial charge in [0.05, 0.1) is 0 Å². The number of rotatable bonds is 4. The molecule has 3 rings (SSSR count). The van der Waals surface area contributed by atoms with E-state index in [0.717, 1.165) is 0 Å². The van der Waals surface area contributed by atoms with Crippen molar-refractivity contribution >= 4 is 5.97 Å². The zero-order valence-electron chi connectivity index (χ0n) is 11.7. The van der Waals surface area contributed by atoms with E-state index in [1.165, 1.54) is 24.3 Å². The smallest absolute Gasteiger partial charge is 0.359 e. The Morgan fingerprint density at radius 1 is 1.22 bits per heavy atom. The molecule has 0 fully saturated rings. The summed E-state index contributed by atoms with van der Waals surface area (Å²) in [6.07, 6.45) is 0. The monoisotopic (exact) mass is 315 g/mol. The second-order valence-electron chi connectivity index (χ2n) is 4.57. The molecule has 0 unspecified atom stereocenters. The van der Waals surface area contributed by atoms with Crippen LogP contribution in [0.4, 0.5) is 4.39 Å². The second kappa shape index (κ2) is 6.22. The van der Waals surface area contributed by atoms with Gasteiger partial charge in [-0.3, -0.25) is 4.79 Å². The van der Waals surface area contributed by atoms with Crippen molar-refractivity contribution in [3.8, 4) is 11.3 Å². The van der Waals surface area contributed by atoms with Gasteiger partial charge in [0.1, 0.15) is 18.1 Å². The quantitative estimate of drug-likeness (QED) is 0.739. The van der Waals surface area contributed by atoms with E-state index in [0.29, 0.717) is 17.0 Å². The van der Waals surface area contributed by atoms with Crippen molar-refractivity contribution < 1.29 is 18.4 Å². The maximum Gasteiger partial charge on any atom is 0.359 e. The number of hydrogen-bond donors (Lipinski definition) is 1. The molecule has 7 nitrogen and oxygen atoms in total. The number of nitrogens with zero attached hydrogens (tertiary/aromatic N) is 2. The molecule has 8 heteroatoms. The van der Waals surface area contributed by atoms with Gasteiger partial charge in [-0.1, -0.05) is 5.16 Å². The Hall–Kier alpha value is -3.29.